The fourth-order valence-corrected chi connectivity index (χ4v) is 2.76. The van der Waals surface area contributed by atoms with Crippen LogP contribution in [0.2, 0.25) is 0 Å². The molecule has 0 fully saturated rings. The van der Waals surface area contributed by atoms with Gasteiger partial charge in [0.1, 0.15) is 17.2 Å². The van der Waals surface area contributed by atoms with Crippen LogP contribution in [-0.2, 0) is 0 Å². The third kappa shape index (κ3) is 5.27. The summed E-state index contributed by atoms with van der Waals surface area (Å²) in [5.74, 6) is 2.48. The lowest BCUT2D eigenvalue weighted by Gasteiger charge is -2.25. The van der Waals surface area contributed by atoms with E-state index in [0.29, 0.717) is 29.7 Å². The SMILES string of the molecule is COc1ccc(OC)c(NC(N)=NCC(c2ccccc2OC)N(C)C)c1. The van der Waals surface area contributed by atoms with Crippen molar-refractivity contribution in [3.05, 3.63) is 48.0 Å². The van der Waals surface area contributed by atoms with Crippen molar-refractivity contribution in [2.45, 2.75) is 6.04 Å². The van der Waals surface area contributed by atoms with Crippen molar-refractivity contribution in [1.29, 1.82) is 0 Å². The highest BCUT2D eigenvalue weighted by Gasteiger charge is 2.18. The average Bonchev–Trinajstić information content (AvgIpc) is 2.68. The van der Waals surface area contributed by atoms with Gasteiger partial charge in [0.15, 0.2) is 5.96 Å². The zero-order valence-electron chi connectivity index (χ0n) is 16.5. The van der Waals surface area contributed by atoms with Crippen LogP contribution in [-0.4, -0.2) is 52.8 Å². The number of ether oxygens (including phenoxy) is 3. The van der Waals surface area contributed by atoms with Crippen LogP contribution >= 0.6 is 0 Å². The number of benzene rings is 2. The zero-order chi connectivity index (χ0) is 19.8. The van der Waals surface area contributed by atoms with Crippen LogP contribution in [0, 0.1) is 0 Å². The topological polar surface area (TPSA) is 81.3 Å². The normalized spacial score (nSPS) is 12.6. The summed E-state index contributed by atoms with van der Waals surface area (Å²) in [6, 6.07) is 13.4. The third-order valence-electron chi connectivity index (χ3n) is 4.23. The van der Waals surface area contributed by atoms with Gasteiger partial charge in [-0.15, -0.1) is 0 Å². The van der Waals surface area contributed by atoms with Crippen LogP contribution in [0.1, 0.15) is 11.6 Å². The van der Waals surface area contributed by atoms with E-state index in [1.807, 2.05) is 56.6 Å². The van der Waals surface area contributed by atoms with Crippen LogP contribution < -0.4 is 25.3 Å². The van der Waals surface area contributed by atoms with E-state index in [1.165, 1.54) is 0 Å². The quantitative estimate of drug-likeness (QED) is 0.548. The highest BCUT2D eigenvalue weighted by molar-refractivity contribution is 5.94. The molecule has 2 aromatic carbocycles. The Labute approximate surface area is 160 Å². The van der Waals surface area contributed by atoms with E-state index >= 15 is 0 Å². The van der Waals surface area contributed by atoms with Gasteiger partial charge in [0.25, 0.3) is 0 Å². The van der Waals surface area contributed by atoms with Crippen molar-refractivity contribution < 1.29 is 14.2 Å². The van der Waals surface area contributed by atoms with Crippen LogP contribution in [0.5, 0.6) is 17.2 Å². The summed E-state index contributed by atoms with van der Waals surface area (Å²) in [7, 11) is 8.88. The Kier molecular flexibility index (Phi) is 7.31. The highest BCUT2D eigenvalue weighted by Crippen LogP contribution is 2.30. The maximum atomic E-state index is 6.11. The maximum Gasteiger partial charge on any atom is 0.193 e. The average molecular weight is 372 g/mol. The van der Waals surface area contributed by atoms with Gasteiger partial charge in [-0.2, -0.15) is 0 Å². The Morgan fingerprint density at radius 2 is 1.74 bits per heavy atom. The van der Waals surface area contributed by atoms with Gasteiger partial charge < -0.3 is 30.2 Å². The number of nitrogens with zero attached hydrogens (tertiary/aromatic N) is 2. The second-order valence-corrected chi connectivity index (χ2v) is 6.14. The van der Waals surface area contributed by atoms with Crippen LogP contribution in [0.25, 0.3) is 0 Å². The van der Waals surface area contributed by atoms with E-state index in [2.05, 4.69) is 15.2 Å². The van der Waals surface area contributed by atoms with Crippen LogP contribution in [0.4, 0.5) is 5.69 Å². The minimum absolute atomic E-state index is 0.0219. The molecule has 7 heteroatoms. The Bertz CT molecular complexity index is 778. The van der Waals surface area contributed by atoms with E-state index in [1.54, 1.807) is 21.3 Å². The smallest absolute Gasteiger partial charge is 0.193 e. The number of nitrogens with one attached hydrogen (secondary N) is 1. The molecule has 7 nitrogen and oxygen atoms in total. The summed E-state index contributed by atoms with van der Waals surface area (Å²) in [5, 5.41) is 3.08. The lowest BCUT2D eigenvalue weighted by atomic mass is 10.0. The molecule has 2 aromatic rings. The predicted molar refractivity (Wildman–Crippen MR) is 109 cm³/mol. The van der Waals surface area contributed by atoms with Gasteiger partial charge in [0.2, 0.25) is 0 Å². The molecule has 0 aromatic heterocycles. The molecule has 0 heterocycles. The lowest BCUT2D eigenvalue weighted by Crippen LogP contribution is -2.27. The summed E-state index contributed by atoms with van der Waals surface area (Å²) < 4.78 is 16.1. The summed E-state index contributed by atoms with van der Waals surface area (Å²) in [4.78, 5) is 6.60. The zero-order valence-corrected chi connectivity index (χ0v) is 16.5. The first-order valence-corrected chi connectivity index (χ1v) is 8.58. The molecule has 0 saturated carbocycles. The number of methoxy groups -OCH3 is 3. The number of likely N-dealkylation sites (N-methyl/N-ethyl adjacent to an activating group) is 1. The summed E-state index contributed by atoms with van der Waals surface area (Å²) >= 11 is 0. The van der Waals surface area contributed by atoms with Gasteiger partial charge in [-0.3, -0.25) is 4.99 Å². The lowest BCUT2D eigenvalue weighted by molar-refractivity contribution is 0.295. The molecular weight excluding hydrogens is 344 g/mol. The highest BCUT2D eigenvalue weighted by atomic mass is 16.5. The van der Waals surface area contributed by atoms with Crippen molar-refractivity contribution in [2.24, 2.45) is 10.7 Å². The molecule has 146 valence electrons. The largest absolute Gasteiger partial charge is 0.497 e. The van der Waals surface area contributed by atoms with Crippen molar-refractivity contribution in [3.63, 3.8) is 0 Å². The number of para-hydroxylation sites is 1. The molecule has 1 atom stereocenters. The van der Waals surface area contributed by atoms with Gasteiger partial charge in [0, 0.05) is 11.6 Å². The second kappa shape index (κ2) is 9.68. The van der Waals surface area contributed by atoms with E-state index in [0.717, 1.165) is 11.3 Å². The number of rotatable bonds is 8. The minimum Gasteiger partial charge on any atom is -0.497 e. The fourth-order valence-electron chi connectivity index (χ4n) is 2.76. The molecule has 2 rings (SSSR count). The number of hydrogen-bond acceptors (Lipinski definition) is 5. The Hall–Kier alpha value is -2.93. The van der Waals surface area contributed by atoms with Gasteiger partial charge in [-0.25, -0.2) is 0 Å². The van der Waals surface area contributed by atoms with E-state index in [-0.39, 0.29) is 6.04 Å². The van der Waals surface area contributed by atoms with Crippen molar-refractivity contribution in [3.8, 4) is 17.2 Å². The minimum atomic E-state index is 0.0219. The monoisotopic (exact) mass is 372 g/mol. The molecule has 0 saturated heterocycles. The van der Waals surface area contributed by atoms with E-state index < -0.39 is 0 Å². The molecular formula is C20H28N4O3. The summed E-state index contributed by atoms with van der Waals surface area (Å²) in [5.41, 5.74) is 7.86. The number of guanidine groups is 1. The standard InChI is InChI=1S/C20H28N4O3/c1-24(2)17(15-8-6-7-9-18(15)26-4)13-22-20(21)23-16-12-14(25-3)10-11-19(16)27-5/h6-12,17H,13H2,1-5H3,(H3,21,22,23). The van der Waals surface area contributed by atoms with Crippen molar-refractivity contribution in [1.82, 2.24) is 4.90 Å². The van der Waals surface area contributed by atoms with Crippen molar-refractivity contribution >= 4 is 11.6 Å². The number of aliphatic imine (C=N–C) groups is 1. The maximum absolute atomic E-state index is 6.11. The summed E-state index contributed by atoms with van der Waals surface area (Å²) in [6.45, 7) is 0.471. The third-order valence-corrected chi connectivity index (χ3v) is 4.23. The first-order chi connectivity index (χ1) is 13.0. The summed E-state index contributed by atoms with van der Waals surface area (Å²) in [6.07, 6.45) is 0. The predicted octanol–water partition coefficient (Wildman–Crippen LogP) is 2.74. The Balaban J connectivity index is 2.19. The van der Waals surface area contributed by atoms with Gasteiger partial charge in [-0.1, -0.05) is 18.2 Å². The molecule has 0 aliphatic heterocycles. The van der Waals surface area contributed by atoms with Crippen LogP contribution in [0.15, 0.2) is 47.5 Å². The Morgan fingerprint density at radius 3 is 2.37 bits per heavy atom. The van der Waals surface area contributed by atoms with E-state index in [9.17, 15) is 0 Å². The Morgan fingerprint density at radius 1 is 1.04 bits per heavy atom. The van der Waals surface area contributed by atoms with Crippen molar-refractivity contribution in [2.75, 3.05) is 47.3 Å². The molecule has 3 N–H and O–H groups in total. The molecule has 0 amide bonds. The molecule has 0 radical (unpaired) electrons. The molecule has 0 spiro atoms. The van der Waals surface area contributed by atoms with Gasteiger partial charge in [0.05, 0.1) is 39.6 Å². The molecule has 1 unspecified atom stereocenters. The van der Waals surface area contributed by atoms with Crippen LogP contribution in [0.3, 0.4) is 0 Å². The number of nitrogens with two attached hydrogens (primary N) is 1. The van der Waals surface area contributed by atoms with Gasteiger partial charge >= 0.3 is 0 Å². The molecule has 0 bridgehead atoms. The second-order valence-electron chi connectivity index (χ2n) is 6.14. The fraction of sp³-hybridized carbons (Fsp3) is 0.350. The molecule has 27 heavy (non-hydrogen) atoms. The first-order valence-electron chi connectivity index (χ1n) is 8.58. The number of anilines is 1. The van der Waals surface area contributed by atoms with E-state index in [4.69, 9.17) is 19.9 Å². The van der Waals surface area contributed by atoms with Gasteiger partial charge in [-0.05, 0) is 32.3 Å². The molecule has 0 aliphatic rings. The number of hydrogen-bond donors (Lipinski definition) is 2. The first kappa shape index (κ1) is 20.4. The molecule has 0 aliphatic carbocycles.